The zero-order valence-electron chi connectivity index (χ0n) is 15.4. The molecule has 1 fully saturated rings. The lowest BCUT2D eigenvalue weighted by molar-refractivity contribution is -0.122. The van der Waals surface area contributed by atoms with E-state index in [1.54, 1.807) is 0 Å². The minimum absolute atomic E-state index is 0.0527. The molecule has 0 saturated carbocycles. The van der Waals surface area contributed by atoms with Crippen LogP contribution in [0.5, 0.6) is 0 Å². The molecule has 0 atom stereocenters. The monoisotopic (exact) mass is 384 g/mol. The lowest BCUT2D eigenvalue weighted by Gasteiger charge is -2.32. The fraction of sp³-hybridized carbons (Fsp3) is 0.364. The summed E-state index contributed by atoms with van der Waals surface area (Å²) >= 11 is 5.62. The molecule has 2 aromatic rings. The molecule has 1 N–H and O–H groups in total. The van der Waals surface area contributed by atoms with E-state index < -0.39 is 0 Å². The maximum Gasteiger partial charge on any atom is 0.253 e. The fourth-order valence-corrected chi connectivity index (χ4v) is 3.51. The minimum Gasteiger partial charge on any atom is -0.353 e. The number of halogens is 1. The summed E-state index contributed by atoms with van der Waals surface area (Å²) in [5, 5.41) is 3.04. The van der Waals surface area contributed by atoms with Crippen molar-refractivity contribution in [2.75, 3.05) is 19.0 Å². The Bertz CT molecular complexity index is 754. The van der Waals surface area contributed by atoms with Gasteiger partial charge in [0.15, 0.2) is 0 Å². The van der Waals surface area contributed by atoms with Crippen molar-refractivity contribution in [1.82, 2.24) is 10.2 Å². The highest BCUT2D eigenvalue weighted by atomic mass is 35.5. The second-order valence-corrected chi connectivity index (χ2v) is 7.25. The summed E-state index contributed by atoms with van der Waals surface area (Å²) in [4.78, 5) is 26.4. The van der Waals surface area contributed by atoms with Crippen molar-refractivity contribution in [3.8, 4) is 11.1 Å². The van der Waals surface area contributed by atoms with Crippen LogP contribution in [0.4, 0.5) is 0 Å². The van der Waals surface area contributed by atoms with Crippen LogP contribution in [0.15, 0.2) is 54.6 Å². The Balaban J connectivity index is 1.53. The number of carbonyl (C=O) groups excluding carboxylic acids is 2. The van der Waals surface area contributed by atoms with Crippen molar-refractivity contribution in [2.45, 2.75) is 31.7 Å². The van der Waals surface area contributed by atoms with Gasteiger partial charge in [-0.1, -0.05) is 42.5 Å². The molecular weight excluding hydrogens is 360 g/mol. The molecule has 1 aliphatic heterocycles. The van der Waals surface area contributed by atoms with E-state index in [2.05, 4.69) is 17.4 Å². The molecule has 0 aliphatic carbocycles. The Labute approximate surface area is 165 Å². The van der Waals surface area contributed by atoms with Crippen molar-refractivity contribution in [1.29, 1.82) is 0 Å². The SMILES string of the molecule is O=C(CCCCl)NC1CCN(C(=O)c2ccc(-c3ccccc3)cc2)CC1. The number of piperidine rings is 1. The molecular formula is C22H25ClN2O2. The summed E-state index contributed by atoms with van der Waals surface area (Å²) in [6.45, 7) is 1.33. The topological polar surface area (TPSA) is 49.4 Å². The Hall–Kier alpha value is -2.33. The summed E-state index contributed by atoms with van der Waals surface area (Å²) < 4.78 is 0. The molecule has 5 heteroatoms. The van der Waals surface area contributed by atoms with Gasteiger partial charge in [0, 0.05) is 37.0 Å². The molecule has 27 heavy (non-hydrogen) atoms. The van der Waals surface area contributed by atoms with Gasteiger partial charge in [-0.15, -0.1) is 11.6 Å². The van der Waals surface area contributed by atoms with Gasteiger partial charge in [0.25, 0.3) is 5.91 Å². The van der Waals surface area contributed by atoms with E-state index in [9.17, 15) is 9.59 Å². The summed E-state index contributed by atoms with van der Waals surface area (Å²) in [5.41, 5.74) is 2.95. The zero-order valence-corrected chi connectivity index (χ0v) is 16.1. The number of rotatable bonds is 6. The molecule has 0 spiro atoms. The number of hydrogen-bond donors (Lipinski definition) is 1. The lowest BCUT2D eigenvalue weighted by Crippen LogP contribution is -2.46. The number of nitrogens with zero attached hydrogens (tertiary/aromatic N) is 1. The van der Waals surface area contributed by atoms with Crippen molar-refractivity contribution >= 4 is 23.4 Å². The summed E-state index contributed by atoms with van der Waals surface area (Å²) in [5.74, 6) is 0.613. The first-order valence-corrected chi connectivity index (χ1v) is 10.0. The Morgan fingerprint density at radius 2 is 1.59 bits per heavy atom. The highest BCUT2D eigenvalue weighted by Crippen LogP contribution is 2.21. The van der Waals surface area contributed by atoms with E-state index in [0.717, 1.165) is 24.0 Å². The number of amides is 2. The van der Waals surface area contributed by atoms with Crippen molar-refractivity contribution < 1.29 is 9.59 Å². The van der Waals surface area contributed by atoms with Crippen LogP contribution in [0.2, 0.25) is 0 Å². The van der Waals surface area contributed by atoms with E-state index in [1.165, 1.54) is 0 Å². The van der Waals surface area contributed by atoms with Crippen molar-refractivity contribution in [2.24, 2.45) is 0 Å². The van der Waals surface area contributed by atoms with Crippen LogP contribution >= 0.6 is 11.6 Å². The fourth-order valence-electron chi connectivity index (χ4n) is 3.37. The van der Waals surface area contributed by atoms with Gasteiger partial charge < -0.3 is 10.2 Å². The van der Waals surface area contributed by atoms with E-state index in [0.29, 0.717) is 37.4 Å². The zero-order chi connectivity index (χ0) is 19.1. The molecule has 142 valence electrons. The number of nitrogens with one attached hydrogen (secondary N) is 1. The highest BCUT2D eigenvalue weighted by Gasteiger charge is 2.24. The molecule has 0 aromatic heterocycles. The largest absolute Gasteiger partial charge is 0.353 e. The van der Waals surface area contributed by atoms with E-state index in [-0.39, 0.29) is 17.9 Å². The summed E-state index contributed by atoms with van der Waals surface area (Å²) in [6.07, 6.45) is 2.75. The van der Waals surface area contributed by atoms with Gasteiger partial charge in [-0.3, -0.25) is 9.59 Å². The standard InChI is InChI=1S/C22H25ClN2O2/c23-14-4-7-21(26)24-20-12-15-25(16-13-20)22(27)19-10-8-18(9-11-19)17-5-2-1-3-6-17/h1-3,5-6,8-11,20H,4,7,12-16H2,(H,24,26). The van der Waals surface area contributed by atoms with Crippen LogP contribution < -0.4 is 5.32 Å². The third-order valence-electron chi connectivity index (χ3n) is 4.92. The Morgan fingerprint density at radius 1 is 0.963 bits per heavy atom. The third kappa shape index (κ3) is 5.33. The average Bonchev–Trinajstić information content (AvgIpc) is 2.73. The molecule has 3 rings (SSSR count). The second-order valence-electron chi connectivity index (χ2n) is 6.87. The van der Waals surface area contributed by atoms with Crippen LogP contribution in [-0.4, -0.2) is 41.7 Å². The van der Waals surface area contributed by atoms with Gasteiger partial charge >= 0.3 is 0 Å². The maximum absolute atomic E-state index is 12.7. The molecule has 2 amide bonds. The molecule has 0 bridgehead atoms. The van der Waals surface area contributed by atoms with E-state index >= 15 is 0 Å². The van der Waals surface area contributed by atoms with E-state index in [1.807, 2.05) is 47.4 Å². The predicted molar refractivity (Wildman–Crippen MR) is 109 cm³/mol. The van der Waals surface area contributed by atoms with Crippen LogP contribution in [0, 0.1) is 0 Å². The van der Waals surface area contributed by atoms with Gasteiger partial charge in [0.1, 0.15) is 0 Å². The normalized spacial score (nSPS) is 14.8. The van der Waals surface area contributed by atoms with E-state index in [4.69, 9.17) is 11.6 Å². The number of carbonyl (C=O) groups is 2. The van der Waals surface area contributed by atoms with Crippen molar-refractivity contribution in [3.63, 3.8) is 0 Å². The quantitative estimate of drug-likeness (QED) is 0.762. The maximum atomic E-state index is 12.7. The number of alkyl halides is 1. The lowest BCUT2D eigenvalue weighted by atomic mass is 10.0. The number of benzene rings is 2. The Kier molecular flexibility index (Phi) is 6.88. The second kappa shape index (κ2) is 9.56. The van der Waals surface area contributed by atoms with Crippen LogP contribution in [0.25, 0.3) is 11.1 Å². The first kappa shape index (κ1) is 19.4. The molecule has 0 radical (unpaired) electrons. The molecule has 0 unspecified atom stereocenters. The van der Waals surface area contributed by atoms with Crippen LogP contribution in [-0.2, 0) is 4.79 Å². The molecule has 1 saturated heterocycles. The predicted octanol–water partition coefficient (Wildman–Crippen LogP) is 4.09. The van der Waals surface area contributed by atoms with Gasteiger partial charge in [-0.25, -0.2) is 0 Å². The number of hydrogen-bond acceptors (Lipinski definition) is 2. The third-order valence-corrected chi connectivity index (χ3v) is 5.19. The number of likely N-dealkylation sites (tertiary alicyclic amines) is 1. The van der Waals surface area contributed by atoms with Gasteiger partial charge in [0.2, 0.25) is 5.91 Å². The average molecular weight is 385 g/mol. The molecule has 1 aliphatic rings. The van der Waals surface area contributed by atoms with Crippen LogP contribution in [0.3, 0.4) is 0 Å². The van der Waals surface area contributed by atoms with Gasteiger partial charge in [-0.2, -0.15) is 0 Å². The molecule has 4 nitrogen and oxygen atoms in total. The highest BCUT2D eigenvalue weighted by molar-refractivity contribution is 6.17. The smallest absolute Gasteiger partial charge is 0.253 e. The molecule has 2 aromatic carbocycles. The molecule has 1 heterocycles. The minimum atomic E-state index is 0.0527. The summed E-state index contributed by atoms with van der Waals surface area (Å²) in [6, 6.07) is 18.0. The first-order chi connectivity index (χ1) is 13.2. The summed E-state index contributed by atoms with van der Waals surface area (Å²) in [7, 11) is 0. The van der Waals surface area contributed by atoms with Crippen molar-refractivity contribution in [3.05, 3.63) is 60.2 Å². The van der Waals surface area contributed by atoms with Gasteiger partial charge in [0.05, 0.1) is 0 Å². The van der Waals surface area contributed by atoms with Gasteiger partial charge in [-0.05, 0) is 42.5 Å². The Morgan fingerprint density at radius 3 is 2.22 bits per heavy atom. The first-order valence-electron chi connectivity index (χ1n) is 9.47. The van der Waals surface area contributed by atoms with Crippen LogP contribution in [0.1, 0.15) is 36.0 Å².